The second-order valence-electron chi connectivity index (χ2n) is 5.46. The summed E-state index contributed by atoms with van der Waals surface area (Å²) in [6, 6.07) is 5.26. The SMILES string of the molecule is COC1CC(NCc2ccc(F)c(Cl)c2)C1(C)C. The standard InChI is InChI=1S/C14H19ClFNO/c1-14(2)12(7-13(14)18-3)17-8-9-4-5-11(16)10(15)6-9/h4-6,12-13,17H,7-8H2,1-3H3. The number of ether oxygens (including phenoxy) is 1. The van der Waals surface area contributed by atoms with Gasteiger partial charge >= 0.3 is 0 Å². The zero-order valence-electron chi connectivity index (χ0n) is 11.0. The summed E-state index contributed by atoms with van der Waals surface area (Å²) in [5.74, 6) is -0.371. The number of nitrogens with one attached hydrogen (secondary N) is 1. The zero-order valence-corrected chi connectivity index (χ0v) is 11.7. The molecule has 1 fully saturated rings. The van der Waals surface area contributed by atoms with Gasteiger partial charge in [-0.1, -0.05) is 31.5 Å². The van der Waals surface area contributed by atoms with Gasteiger partial charge < -0.3 is 10.1 Å². The van der Waals surface area contributed by atoms with Gasteiger partial charge in [0.1, 0.15) is 5.82 Å². The second-order valence-corrected chi connectivity index (χ2v) is 5.87. The summed E-state index contributed by atoms with van der Waals surface area (Å²) in [6.07, 6.45) is 1.32. The van der Waals surface area contributed by atoms with Crippen molar-refractivity contribution in [1.29, 1.82) is 0 Å². The summed E-state index contributed by atoms with van der Waals surface area (Å²) >= 11 is 5.76. The van der Waals surface area contributed by atoms with Gasteiger partial charge in [0.25, 0.3) is 0 Å². The molecule has 100 valence electrons. The van der Waals surface area contributed by atoms with E-state index in [4.69, 9.17) is 16.3 Å². The van der Waals surface area contributed by atoms with E-state index in [0.29, 0.717) is 18.7 Å². The molecule has 0 aromatic heterocycles. The van der Waals surface area contributed by atoms with E-state index in [1.54, 1.807) is 19.2 Å². The van der Waals surface area contributed by atoms with Crippen LogP contribution in [0, 0.1) is 11.2 Å². The summed E-state index contributed by atoms with van der Waals surface area (Å²) in [6.45, 7) is 5.09. The summed E-state index contributed by atoms with van der Waals surface area (Å²) in [4.78, 5) is 0. The third-order valence-corrected chi connectivity index (χ3v) is 4.29. The Balaban J connectivity index is 1.91. The fraction of sp³-hybridized carbons (Fsp3) is 0.571. The first kappa shape index (κ1) is 13.8. The number of benzene rings is 1. The molecule has 1 N–H and O–H groups in total. The lowest BCUT2D eigenvalue weighted by Crippen LogP contribution is -2.60. The molecule has 2 rings (SSSR count). The Morgan fingerprint density at radius 3 is 2.78 bits per heavy atom. The van der Waals surface area contributed by atoms with Gasteiger partial charge in [-0.2, -0.15) is 0 Å². The van der Waals surface area contributed by atoms with Gasteiger partial charge in [-0.3, -0.25) is 0 Å². The lowest BCUT2D eigenvalue weighted by molar-refractivity contribution is -0.0979. The average Bonchev–Trinajstić information content (AvgIpc) is 2.32. The Kier molecular flexibility index (Phi) is 3.95. The highest BCUT2D eigenvalue weighted by Crippen LogP contribution is 2.42. The Morgan fingerprint density at radius 2 is 2.22 bits per heavy atom. The van der Waals surface area contributed by atoms with Crippen LogP contribution in [0.25, 0.3) is 0 Å². The molecule has 1 aromatic carbocycles. The summed E-state index contributed by atoms with van der Waals surface area (Å²) in [7, 11) is 1.75. The quantitative estimate of drug-likeness (QED) is 0.906. The normalized spacial score (nSPS) is 25.8. The number of hydrogen-bond acceptors (Lipinski definition) is 2. The zero-order chi connectivity index (χ0) is 13.3. The molecule has 1 aromatic rings. The molecule has 0 amide bonds. The van der Waals surface area contributed by atoms with Crippen LogP contribution in [0.4, 0.5) is 4.39 Å². The maximum atomic E-state index is 13.0. The summed E-state index contributed by atoms with van der Waals surface area (Å²) < 4.78 is 18.4. The van der Waals surface area contributed by atoms with Gasteiger partial charge in [0, 0.05) is 25.1 Å². The van der Waals surface area contributed by atoms with Crippen molar-refractivity contribution in [1.82, 2.24) is 5.32 Å². The van der Waals surface area contributed by atoms with Crippen molar-refractivity contribution in [2.75, 3.05) is 7.11 Å². The van der Waals surface area contributed by atoms with Crippen molar-refractivity contribution in [3.8, 4) is 0 Å². The molecular formula is C14H19ClFNO. The van der Waals surface area contributed by atoms with E-state index in [9.17, 15) is 4.39 Å². The lowest BCUT2D eigenvalue weighted by Gasteiger charge is -2.51. The first-order valence-corrected chi connectivity index (χ1v) is 6.53. The van der Waals surface area contributed by atoms with Crippen LogP contribution in [0.3, 0.4) is 0 Å². The number of hydrogen-bond donors (Lipinski definition) is 1. The Labute approximate surface area is 112 Å². The molecule has 0 radical (unpaired) electrons. The minimum absolute atomic E-state index is 0.137. The first-order chi connectivity index (χ1) is 8.45. The molecule has 2 nitrogen and oxygen atoms in total. The maximum absolute atomic E-state index is 13.0. The molecule has 0 bridgehead atoms. The van der Waals surface area contributed by atoms with E-state index in [-0.39, 0.29) is 16.3 Å². The molecule has 18 heavy (non-hydrogen) atoms. The molecule has 1 aliphatic rings. The minimum Gasteiger partial charge on any atom is -0.381 e. The first-order valence-electron chi connectivity index (χ1n) is 6.15. The highest BCUT2D eigenvalue weighted by Gasteiger charge is 2.48. The molecule has 1 aliphatic carbocycles. The van der Waals surface area contributed by atoms with Crippen LogP contribution in [-0.4, -0.2) is 19.3 Å². The van der Waals surface area contributed by atoms with Crippen molar-refractivity contribution in [2.45, 2.75) is 39.0 Å². The van der Waals surface area contributed by atoms with Crippen LogP contribution in [0.5, 0.6) is 0 Å². The Morgan fingerprint density at radius 1 is 1.50 bits per heavy atom. The van der Waals surface area contributed by atoms with Crippen LogP contribution in [0.1, 0.15) is 25.8 Å². The molecule has 2 unspecified atom stereocenters. The van der Waals surface area contributed by atoms with Gasteiger partial charge in [-0.05, 0) is 24.1 Å². The minimum atomic E-state index is -0.371. The van der Waals surface area contributed by atoms with Crippen LogP contribution in [0.2, 0.25) is 5.02 Å². The third kappa shape index (κ3) is 2.53. The molecule has 0 aliphatic heterocycles. The molecular weight excluding hydrogens is 253 g/mol. The Bertz CT molecular complexity index is 436. The van der Waals surface area contributed by atoms with Crippen LogP contribution < -0.4 is 5.32 Å². The van der Waals surface area contributed by atoms with Crippen molar-refractivity contribution in [3.63, 3.8) is 0 Å². The smallest absolute Gasteiger partial charge is 0.141 e. The second kappa shape index (κ2) is 5.16. The largest absolute Gasteiger partial charge is 0.381 e. The van der Waals surface area contributed by atoms with Crippen molar-refractivity contribution < 1.29 is 9.13 Å². The van der Waals surface area contributed by atoms with Crippen molar-refractivity contribution in [3.05, 3.63) is 34.6 Å². The third-order valence-electron chi connectivity index (χ3n) is 4.00. The monoisotopic (exact) mass is 271 g/mol. The van der Waals surface area contributed by atoms with Crippen LogP contribution >= 0.6 is 11.6 Å². The highest BCUT2D eigenvalue weighted by molar-refractivity contribution is 6.30. The van der Waals surface area contributed by atoms with E-state index in [0.717, 1.165) is 12.0 Å². The number of methoxy groups -OCH3 is 1. The predicted molar refractivity (Wildman–Crippen MR) is 71.2 cm³/mol. The molecule has 0 heterocycles. The fourth-order valence-corrected chi connectivity index (χ4v) is 2.73. The van der Waals surface area contributed by atoms with E-state index < -0.39 is 0 Å². The topological polar surface area (TPSA) is 21.3 Å². The molecule has 0 spiro atoms. The highest BCUT2D eigenvalue weighted by atomic mass is 35.5. The van der Waals surface area contributed by atoms with E-state index in [1.807, 2.05) is 0 Å². The van der Waals surface area contributed by atoms with Gasteiger partial charge in [0.2, 0.25) is 0 Å². The van der Waals surface area contributed by atoms with Gasteiger partial charge in [0.05, 0.1) is 11.1 Å². The molecule has 2 atom stereocenters. The molecule has 4 heteroatoms. The van der Waals surface area contributed by atoms with Crippen LogP contribution in [-0.2, 0) is 11.3 Å². The number of halogens is 2. The maximum Gasteiger partial charge on any atom is 0.141 e. The average molecular weight is 272 g/mol. The Hall–Kier alpha value is -0.640. The predicted octanol–water partition coefficient (Wildman–Crippen LogP) is 3.38. The summed E-state index contributed by atoms with van der Waals surface area (Å²) in [5, 5.41) is 3.65. The van der Waals surface area contributed by atoms with Crippen molar-refractivity contribution in [2.24, 2.45) is 5.41 Å². The van der Waals surface area contributed by atoms with Gasteiger partial charge in [0.15, 0.2) is 0 Å². The fourth-order valence-electron chi connectivity index (χ4n) is 2.52. The van der Waals surface area contributed by atoms with E-state index in [1.165, 1.54) is 6.07 Å². The van der Waals surface area contributed by atoms with Gasteiger partial charge in [-0.15, -0.1) is 0 Å². The lowest BCUT2D eigenvalue weighted by atomic mass is 9.64. The molecule has 0 saturated heterocycles. The molecule has 1 saturated carbocycles. The van der Waals surface area contributed by atoms with Crippen molar-refractivity contribution >= 4 is 11.6 Å². The summed E-state index contributed by atoms with van der Waals surface area (Å²) in [5.41, 5.74) is 1.14. The number of rotatable bonds is 4. The van der Waals surface area contributed by atoms with E-state index in [2.05, 4.69) is 19.2 Å². The van der Waals surface area contributed by atoms with Crippen LogP contribution in [0.15, 0.2) is 18.2 Å². The van der Waals surface area contributed by atoms with Gasteiger partial charge in [-0.25, -0.2) is 4.39 Å². The van der Waals surface area contributed by atoms with E-state index >= 15 is 0 Å².